The molecule has 0 aliphatic rings. The van der Waals surface area contributed by atoms with Crippen molar-refractivity contribution in [1.29, 1.82) is 0 Å². The maximum Gasteiger partial charge on any atom is 0.335 e. The first-order chi connectivity index (χ1) is 9.99. The Kier molecular flexibility index (Phi) is 6.82. The zero-order chi connectivity index (χ0) is 15.7. The van der Waals surface area contributed by atoms with Gasteiger partial charge < -0.3 is 10.2 Å². The fraction of sp³-hybridized carbons (Fsp3) is 0.385. The molecule has 21 heavy (non-hydrogen) atoms. The molecule has 0 fully saturated rings. The van der Waals surface area contributed by atoms with E-state index in [1.165, 1.54) is 18.3 Å². The third kappa shape index (κ3) is 7.02. The topological polar surface area (TPSA) is 99.9 Å². The van der Waals surface area contributed by atoms with Gasteiger partial charge in [-0.25, -0.2) is 10.2 Å². The number of nitrogens with zero attached hydrogens (tertiary/aromatic N) is 3. The zero-order valence-corrected chi connectivity index (χ0v) is 12.1. The first-order valence-corrected chi connectivity index (χ1v) is 6.45. The summed E-state index contributed by atoms with van der Waals surface area (Å²) < 4.78 is 0. The van der Waals surface area contributed by atoms with Crippen molar-refractivity contribution in [1.82, 2.24) is 15.6 Å². The molecular formula is C13H19N5O3. The fourth-order valence-electron chi connectivity index (χ4n) is 1.52. The molecule has 0 unspecified atom stereocenters. The number of nitro benzene ring substituents is 1. The van der Waals surface area contributed by atoms with E-state index < -0.39 is 11.0 Å². The number of hydrazone groups is 1. The van der Waals surface area contributed by atoms with Crippen LogP contribution in [0.4, 0.5) is 10.5 Å². The molecule has 0 aromatic heterocycles. The van der Waals surface area contributed by atoms with E-state index in [4.69, 9.17) is 0 Å². The summed E-state index contributed by atoms with van der Waals surface area (Å²) in [4.78, 5) is 23.5. The minimum absolute atomic E-state index is 0.0212. The largest absolute Gasteiger partial charge is 0.337 e. The van der Waals surface area contributed by atoms with Crippen LogP contribution in [0.5, 0.6) is 0 Å². The molecule has 0 aliphatic heterocycles. The fourth-order valence-corrected chi connectivity index (χ4v) is 1.52. The highest BCUT2D eigenvalue weighted by atomic mass is 16.6. The Morgan fingerprint density at radius 1 is 1.48 bits per heavy atom. The van der Waals surface area contributed by atoms with Gasteiger partial charge in [-0.3, -0.25) is 10.1 Å². The van der Waals surface area contributed by atoms with E-state index in [9.17, 15) is 14.9 Å². The van der Waals surface area contributed by atoms with Crippen LogP contribution in [-0.4, -0.2) is 49.3 Å². The number of hydrogen-bond donors (Lipinski definition) is 2. The molecule has 114 valence electrons. The molecule has 0 bridgehead atoms. The molecular weight excluding hydrogens is 274 g/mol. The summed E-state index contributed by atoms with van der Waals surface area (Å²) >= 11 is 0. The zero-order valence-electron chi connectivity index (χ0n) is 12.1. The lowest BCUT2D eigenvalue weighted by molar-refractivity contribution is -0.384. The van der Waals surface area contributed by atoms with E-state index in [1.807, 2.05) is 19.0 Å². The molecule has 0 atom stereocenters. The highest BCUT2D eigenvalue weighted by molar-refractivity contribution is 5.82. The number of urea groups is 1. The number of non-ortho nitro benzene ring substituents is 1. The highest BCUT2D eigenvalue weighted by Crippen LogP contribution is 2.11. The van der Waals surface area contributed by atoms with E-state index >= 15 is 0 Å². The van der Waals surface area contributed by atoms with Crippen molar-refractivity contribution >= 4 is 17.9 Å². The number of rotatable bonds is 7. The Hall–Kier alpha value is -2.48. The number of carbonyl (C=O) groups excluding carboxylic acids is 1. The van der Waals surface area contributed by atoms with E-state index in [-0.39, 0.29) is 5.69 Å². The molecule has 2 N–H and O–H groups in total. The molecule has 1 aromatic carbocycles. The molecule has 8 heteroatoms. The number of nitro groups is 1. The molecule has 0 saturated heterocycles. The Bertz CT molecular complexity index is 516. The number of carbonyl (C=O) groups is 1. The Morgan fingerprint density at radius 3 is 2.90 bits per heavy atom. The summed E-state index contributed by atoms with van der Waals surface area (Å²) in [6.07, 6.45) is 2.20. The van der Waals surface area contributed by atoms with Crippen LogP contribution in [0.2, 0.25) is 0 Å². The molecule has 1 aromatic rings. The minimum Gasteiger partial charge on any atom is -0.337 e. The SMILES string of the molecule is CN(C)CCCNC(=O)N/N=C/c1cccc([N+](=O)[O-])c1. The second kappa shape index (κ2) is 8.64. The molecule has 0 radical (unpaired) electrons. The van der Waals surface area contributed by atoms with Crippen LogP contribution in [-0.2, 0) is 0 Å². The highest BCUT2D eigenvalue weighted by Gasteiger charge is 2.04. The van der Waals surface area contributed by atoms with Gasteiger partial charge in [-0.2, -0.15) is 5.10 Å². The van der Waals surface area contributed by atoms with E-state index in [2.05, 4.69) is 15.8 Å². The number of hydrogen-bond acceptors (Lipinski definition) is 5. The summed E-state index contributed by atoms with van der Waals surface area (Å²) in [5, 5.41) is 17.0. The number of nitrogens with one attached hydrogen (secondary N) is 2. The predicted octanol–water partition coefficient (Wildman–Crippen LogP) is 1.18. The van der Waals surface area contributed by atoms with Gasteiger partial charge in [0.2, 0.25) is 0 Å². The summed E-state index contributed by atoms with van der Waals surface area (Å²) in [6, 6.07) is 5.58. The van der Waals surface area contributed by atoms with Crippen molar-refractivity contribution in [2.45, 2.75) is 6.42 Å². The van der Waals surface area contributed by atoms with E-state index in [1.54, 1.807) is 12.1 Å². The third-order valence-corrected chi connectivity index (χ3v) is 2.53. The minimum atomic E-state index is -0.484. The molecule has 2 amide bonds. The maximum absolute atomic E-state index is 11.4. The standard InChI is InChI=1S/C13H19N5O3/c1-17(2)8-4-7-14-13(19)16-15-10-11-5-3-6-12(9-11)18(20)21/h3,5-6,9-10H,4,7-8H2,1-2H3,(H2,14,16,19)/b15-10+. The molecule has 0 spiro atoms. The second-order valence-corrected chi connectivity index (χ2v) is 4.63. The summed E-state index contributed by atoms with van der Waals surface area (Å²) in [7, 11) is 3.92. The smallest absolute Gasteiger partial charge is 0.335 e. The van der Waals surface area contributed by atoms with Crippen molar-refractivity contribution in [2.24, 2.45) is 5.10 Å². The monoisotopic (exact) mass is 293 g/mol. The predicted molar refractivity (Wildman–Crippen MR) is 80.4 cm³/mol. The van der Waals surface area contributed by atoms with Crippen molar-refractivity contribution in [3.05, 3.63) is 39.9 Å². The van der Waals surface area contributed by atoms with Gasteiger partial charge in [0.15, 0.2) is 0 Å². The van der Waals surface area contributed by atoms with Crippen LogP contribution < -0.4 is 10.7 Å². The average molecular weight is 293 g/mol. The van der Waals surface area contributed by atoms with Crippen LogP contribution >= 0.6 is 0 Å². The van der Waals surface area contributed by atoms with Crippen LogP contribution in [0.25, 0.3) is 0 Å². The summed E-state index contributed by atoms with van der Waals surface area (Å²) in [5.41, 5.74) is 2.82. The van der Waals surface area contributed by atoms with Gasteiger partial charge in [-0.05, 0) is 27.1 Å². The van der Waals surface area contributed by atoms with Crippen molar-refractivity contribution in [3.63, 3.8) is 0 Å². The summed E-state index contributed by atoms with van der Waals surface area (Å²) in [6.45, 7) is 1.44. The summed E-state index contributed by atoms with van der Waals surface area (Å²) in [5.74, 6) is 0. The van der Waals surface area contributed by atoms with Gasteiger partial charge in [0.25, 0.3) is 5.69 Å². The van der Waals surface area contributed by atoms with Crippen molar-refractivity contribution in [3.8, 4) is 0 Å². The number of benzene rings is 1. The molecule has 0 aliphatic carbocycles. The van der Waals surface area contributed by atoms with Crippen molar-refractivity contribution in [2.75, 3.05) is 27.2 Å². The normalized spacial score (nSPS) is 10.8. The van der Waals surface area contributed by atoms with E-state index in [0.29, 0.717) is 12.1 Å². The third-order valence-electron chi connectivity index (χ3n) is 2.53. The van der Waals surface area contributed by atoms with Gasteiger partial charge >= 0.3 is 6.03 Å². The lowest BCUT2D eigenvalue weighted by Gasteiger charge is -2.09. The quantitative estimate of drug-likeness (QED) is 0.341. The Morgan fingerprint density at radius 2 is 2.24 bits per heavy atom. The average Bonchev–Trinajstić information content (AvgIpc) is 2.44. The van der Waals surface area contributed by atoms with Gasteiger partial charge in [0.1, 0.15) is 0 Å². The lowest BCUT2D eigenvalue weighted by Crippen LogP contribution is -2.34. The molecule has 0 saturated carbocycles. The van der Waals surface area contributed by atoms with Crippen LogP contribution in [0.3, 0.4) is 0 Å². The van der Waals surface area contributed by atoms with E-state index in [0.717, 1.165) is 13.0 Å². The molecule has 0 heterocycles. The van der Waals surface area contributed by atoms with Crippen LogP contribution in [0.15, 0.2) is 29.4 Å². The van der Waals surface area contributed by atoms with Crippen molar-refractivity contribution < 1.29 is 9.72 Å². The van der Waals surface area contributed by atoms with Crippen LogP contribution in [0, 0.1) is 10.1 Å². The maximum atomic E-state index is 11.4. The Labute approximate surface area is 123 Å². The molecule has 8 nitrogen and oxygen atoms in total. The number of amides is 2. The van der Waals surface area contributed by atoms with Gasteiger partial charge in [0, 0.05) is 24.2 Å². The second-order valence-electron chi connectivity index (χ2n) is 4.63. The van der Waals surface area contributed by atoms with Crippen LogP contribution in [0.1, 0.15) is 12.0 Å². The molecule has 1 rings (SSSR count). The first-order valence-electron chi connectivity index (χ1n) is 6.45. The first kappa shape index (κ1) is 16.6. The van der Waals surface area contributed by atoms with Gasteiger partial charge in [-0.15, -0.1) is 0 Å². The Balaban J connectivity index is 2.35. The van der Waals surface area contributed by atoms with Gasteiger partial charge in [-0.1, -0.05) is 12.1 Å². The lowest BCUT2D eigenvalue weighted by atomic mass is 10.2. The van der Waals surface area contributed by atoms with Gasteiger partial charge in [0.05, 0.1) is 11.1 Å².